The molecule has 0 aromatic carbocycles. The largest absolute Gasteiger partial charge is 0.348 e. The first-order chi connectivity index (χ1) is 7.09. The lowest BCUT2D eigenvalue weighted by Crippen LogP contribution is -2.54. The van der Waals surface area contributed by atoms with Gasteiger partial charge in [0.15, 0.2) is 5.11 Å². The fourth-order valence-electron chi connectivity index (χ4n) is 2.30. The molecule has 2 heterocycles. The molecule has 0 saturated carbocycles. The number of amides is 1. The number of thiocarbonyl (C=S) groups is 1. The average molecular weight is 227 g/mol. The standard InChI is InChI=1S/C10H17N3OS/c1-3-13-8(14)10(11-9(13)15)4-6-12(2)7-5-10/h3-7H2,1-2H3,(H,11,15). The van der Waals surface area contributed by atoms with Crippen molar-refractivity contribution in [2.75, 3.05) is 26.7 Å². The van der Waals surface area contributed by atoms with Gasteiger partial charge in [-0.25, -0.2) is 0 Å². The summed E-state index contributed by atoms with van der Waals surface area (Å²) in [5.41, 5.74) is -0.389. The highest BCUT2D eigenvalue weighted by Crippen LogP contribution is 2.28. The number of carbonyl (C=O) groups excluding carboxylic acids is 1. The van der Waals surface area contributed by atoms with Crippen LogP contribution in [0.3, 0.4) is 0 Å². The van der Waals surface area contributed by atoms with E-state index in [9.17, 15) is 4.79 Å². The number of likely N-dealkylation sites (tertiary alicyclic amines) is 1. The maximum Gasteiger partial charge on any atom is 0.254 e. The highest BCUT2D eigenvalue weighted by molar-refractivity contribution is 7.80. The average Bonchev–Trinajstić information content (AvgIpc) is 2.44. The molecule has 5 heteroatoms. The Morgan fingerprint density at radius 2 is 2.07 bits per heavy atom. The number of rotatable bonds is 1. The summed E-state index contributed by atoms with van der Waals surface area (Å²) in [5, 5.41) is 3.83. The normalized spacial score (nSPS) is 26.1. The molecule has 0 aliphatic carbocycles. The van der Waals surface area contributed by atoms with E-state index in [1.54, 1.807) is 4.90 Å². The zero-order chi connectivity index (χ0) is 11.1. The minimum Gasteiger partial charge on any atom is -0.348 e. The molecular formula is C10H17N3OS. The van der Waals surface area contributed by atoms with Crippen molar-refractivity contribution in [3.05, 3.63) is 0 Å². The molecule has 0 atom stereocenters. The molecule has 0 aromatic rings. The van der Waals surface area contributed by atoms with Crippen LogP contribution >= 0.6 is 12.2 Å². The van der Waals surface area contributed by atoms with E-state index in [2.05, 4.69) is 17.3 Å². The van der Waals surface area contributed by atoms with Crippen LogP contribution in [0.1, 0.15) is 19.8 Å². The molecule has 0 radical (unpaired) electrons. The Morgan fingerprint density at radius 1 is 1.47 bits per heavy atom. The van der Waals surface area contributed by atoms with E-state index in [0.29, 0.717) is 11.7 Å². The SMILES string of the molecule is CCN1C(=O)C2(CCN(C)CC2)NC1=S. The summed E-state index contributed by atoms with van der Waals surface area (Å²) < 4.78 is 0. The van der Waals surface area contributed by atoms with Gasteiger partial charge in [-0.2, -0.15) is 0 Å². The van der Waals surface area contributed by atoms with Crippen LogP contribution < -0.4 is 5.32 Å². The van der Waals surface area contributed by atoms with Crippen molar-refractivity contribution in [1.82, 2.24) is 15.1 Å². The van der Waals surface area contributed by atoms with Crippen molar-refractivity contribution in [2.45, 2.75) is 25.3 Å². The Hall–Kier alpha value is -0.680. The van der Waals surface area contributed by atoms with Gasteiger partial charge >= 0.3 is 0 Å². The number of likely N-dealkylation sites (N-methyl/N-ethyl adjacent to an activating group) is 1. The first-order valence-electron chi connectivity index (χ1n) is 5.42. The van der Waals surface area contributed by atoms with E-state index < -0.39 is 0 Å². The van der Waals surface area contributed by atoms with Gasteiger partial charge in [-0.1, -0.05) is 0 Å². The van der Waals surface area contributed by atoms with Crippen molar-refractivity contribution in [3.8, 4) is 0 Å². The maximum absolute atomic E-state index is 12.2. The van der Waals surface area contributed by atoms with E-state index >= 15 is 0 Å². The topological polar surface area (TPSA) is 35.6 Å². The van der Waals surface area contributed by atoms with Crippen molar-refractivity contribution < 1.29 is 4.79 Å². The second-order valence-electron chi connectivity index (χ2n) is 4.36. The number of hydrogen-bond acceptors (Lipinski definition) is 3. The minimum atomic E-state index is -0.389. The first-order valence-corrected chi connectivity index (χ1v) is 5.82. The van der Waals surface area contributed by atoms with E-state index in [-0.39, 0.29) is 11.4 Å². The number of nitrogens with one attached hydrogen (secondary N) is 1. The van der Waals surface area contributed by atoms with Gasteiger partial charge in [-0.3, -0.25) is 9.69 Å². The molecule has 15 heavy (non-hydrogen) atoms. The second-order valence-corrected chi connectivity index (χ2v) is 4.75. The van der Waals surface area contributed by atoms with Crippen molar-refractivity contribution in [3.63, 3.8) is 0 Å². The highest BCUT2D eigenvalue weighted by atomic mass is 32.1. The lowest BCUT2D eigenvalue weighted by Gasteiger charge is -2.35. The molecule has 2 aliphatic heterocycles. The van der Waals surface area contributed by atoms with Crippen LogP contribution in [0.25, 0.3) is 0 Å². The first kappa shape index (κ1) is 10.8. The van der Waals surface area contributed by atoms with E-state index in [1.165, 1.54) is 0 Å². The molecular weight excluding hydrogens is 210 g/mol. The van der Waals surface area contributed by atoms with Crippen LogP contribution in [0, 0.1) is 0 Å². The van der Waals surface area contributed by atoms with Crippen molar-refractivity contribution >= 4 is 23.2 Å². The van der Waals surface area contributed by atoms with Gasteiger partial charge in [-0.15, -0.1) is 0 Å². The van der Waals surface area contributed by atoms with E-state index in [4.69, 9.17) is 12.2 Å². The lowest BCUT2D eigenvalue weighted by atomic mass is 9.88. The van der Waals surface area contributed by atoms with Crippen LogP contribution in [0.15, 0.2) is 0 Å². The third-order valence-corrected chi connectivity index (χ3v) is 3.73. The quantitative estimate of drug-likeness (QED) is 0.649. The molecule has 1 amide bonds. The molecule has 0 aromatic heterocycles. The van der Waals surface area contributed by atoms with Gasteiger partial charge < -0.3 is 10.2 Å². The molecule has 1 N–H and O–H groups in total. The molecule has 2 rings (SSSR count). The molecule has 84 valence electrons. The number of hydrogen-bond donors (Lipinski definition) is 1. The number of piperidine rings is 1. The molecule has 1 spiro atoms. The Kier molecular flexibility index (Phi) is 2.68. The summed E-state index contributed by atoms with van der Waals surface area (Å²) in [6.07, 6.45) is 1.72. The smallest absolute Gasteiger partial charge is 0.254 e. The summed E-state index contributed by atoms with van der Waals surface area (Å²) in [6.45, 7) is 4.54. The second kappa shape index (κ2) is 3.72. The zero-order valence-electron chi connectivity index (χ0n) is 9.25. The Labute approximate surface area is 95.6 Å². The van der Waals surface area contributed by atoms with Gasteiger partial charge in [0, 0.05) is 19.6 Å². The summed E-state index contributed by atoms with van der Waals surface area (Å²) in [5.74, 6) is 0.170. The summed E-state index contributed by atoms with van der Waals surface area (Å²) in [4.78, 5) is 16.1. The van der Waals surface area contributed by atoms with Gasteiger partial charge in [-0.05, 0) is 39.0 Å². The monoisotopic (exact) mass is 227 g/mol. The zero-order valence-corrected chi connectivity index (χ0v) is 10.1. The molecule has 4 nitrogen and oxygen atoms in total. The molecule has 2 saturated heterocycles. The van der Waals surface area contributed by atoms with Gasteiger partial charge in [0.05, 0.1) is 0 Å². The Balaban J connectivity index is 2.17. The summed E-state index contributed by atoms with van der Waals surface area (Å²) in [6, 6.07) is 0. The third-order valence-electron chi connectivity index (χ3n) is 3.40. The highest BCUT2D eigenvalue weighted by Gasteiger charge is 2.49. The predicted octanol–water partition coefficient (Wildman–Crippen LogP) is 0.187. The Bertz CT molecular complexity index is 297. The maximum atomic E-state index is 12.2. The van der Waals surface area contributed by atoms with Crippen LogP contribution in [-0.2, 0) is 4.79 Å². The van der Waals surface area contributed by atoms with E-state index in [1.807, 2.05) is 6.92 Å². The van der Waals surface area contributed by atoms with Crippen LogP contribution in [0.4, 0.5) is 0 Å². The van der Waals surface area contributed by atoms with Crippen molar-refractivity contribution in [2.24, 2.45) is 0 Å². The molecule has 0 bridgehead atoms. The van der Waals surface area contributed by atoms with Crippen molar-refractivity contribution in [1.29, 1.82) is 0 Å². The van der Waals surface area contributed by atoms with E-state index in [0.717, 1.165) is 25.9 Å². The number of nitrogens with zero attached hydrogens (tertiary/aromatic N) is 2. The fraction of sp³-hybridized carbons (Fsp3) is 0.800. The molecule has 2 aliphatic rings. The third kappa shape index (κ3) is 1.63. The van der Waals surface area contributed by atoms with Crippen LogP contribution in [-0.4, -0.2) is 53.0 Å². The van der Waals surface area contributed by atoms with Gasteiger partial charge in [0.25, 0.3) is 5.91 Å². The summed E-state index contributed by atoms with van der Waals surface area (Å²) in [7, 11) is 2.09. The lowest BCUT2D eigenvalue weighted by molar-refractivity contribution is -0.132. The minimum absolute atomic E-state index is 0.170. The Morgan fingerprint density at radius 3 is 2.53 bits per heavy atom. The molecule has 2 fully saturated rings. The van der Waals surface area contributed by atoms with Crippen LogP contribution in [0.2, 0.25) is 0 Å². The van der Waals surface area contributed by atoms with Crippen LogP contribution in [0.5, 0.6) is 0 Å². The summed E-state index contributed by atoms with van der Waals surface area (Å²) >= 11 is 5.18. The van der Waals surface area contributed by atoms with Gasteiger partial charge in [0.1, 0.15) is 5.54 Å². The number of carbonyl (C=O) groups is 1. The predicted molar refractivity (Wildman–Crippen MR) is 62.6 cm³/mol. The fourth-order valence-corrected chi connectivity index (χ4v) is 2.71. The van der Waals surface area contributed by atoms with Gasteiger partial charge in [0.2, 0.25) is 0 Å². The molecule has 0 unspecified atom stereocenters.